The number of carboxylic acid groups (broad SMARTS) is 1. The third-order valence-electron chi connectivity index (χ3n) is 7.50. The lowest BCUT2D eigenvalue weighted by atomic mass is 9.97. The van der Waals surface area contributed by atoms with Gasteiger partial charge in [-0.1, -0.05) is 18.7 Å². The number of piperidine rings is 1. The van der Waals surface area contributed by atoms with Crippen molar-refractivity contribution in [2.24, 2.45) is 11.7 Å². The van der Waals surface area contributed by atoms with Crippen LogP contribution in [0.15, 0.2) is 36.4 Å². The predicted molar refractivity (Wildman–Crippen MR) is 176 cm³/mol. The van der Waals surface area contributed by atoms with Crippen molar-refractivity contribution in [1.29, 1.82) is 0 Å². The number of ether oxygens (including phenoxy) is 1. The molecule has 0 saturated carbocycles. The van der Waals surface area contributed by atoms with E-state index in [1.54, 1.807) is 24.3 Å². The van der Waals surface area contributed by atoms with Crippen LogP contribution in [0.3, 0.4) is 0 Å². The van der Waals surface area contributed by atoms with Crippen LogP contribution in [0.2, 0.25) is 0 Å². The number of benzene rings is 1. The number of anilines is 1. The Morgan fingerprint density at radius 2 is 1.61 bits per heavy atom. The first-order chi connectivity index (χ1) is 23.2. The van der Waals surface area contributed by atoms with Gasteiger partial charge >= 0.3 is 18.1 Å². The van der Waals surface area contributed by atoms with E-state index < -0.39 is 53.8 Å². The fourth-order valence-corrected chi connectivity index (χ4v) is 4.75. The van der Waals surface area contributed by atoms with E-state index in [0.29, 0.717) is 24.1 Å². The monoisotopic (exact) mass is 687 g/mol. The summed E-state index contributed by atoms with van der Waals surface area (Å²) < 4.78 is 5.04. The number of amides is 7. The molecule has 7 amide bonds. The number of nitrogens with one attached hydrogen (secondary N) is 5. The summed E-state index contributed by atoms with van der Waals surface area (Å²) >= 11 is 0. The number of alkyl carbamates (subject to hydrolysis) is 1. The lowest BCUT2D eigenvalue weighted by Gasteiger charge is -2.30. The molecule has 1 heterocycles. The van der Waals surface area contributed by atoms with Gasteiger partial charge in [-0.15, -0.1) is 0 Å². The Morgan fingerprint density at radius 3 is 2.18 bits per heavy atom. The molecule has 1 fully saturated rings. The summed E-state index contributed by atoms with van der Waals surface area (Å²) in [5, 5.41) is 21.7. The minimum atomic E-state index is -1.22. The highest BCUT2D eigenvalue weighted by Gasteiger charge is 2.29. The van der Waals surface area contributed by atoms with Crippen molar-refractivity contribution in [3.63, 3.8) is 0 Å². The van der Waals surface area contributed by atoms with Gasteiger partial charge in [0.25, 0.3) is 0 Å². The molecule has 0 radical (unpaired) electrons. The highest BCUT2D eigenvalue weighted by molar-refractivity contribution is 5.99. The lowest BCUT2D eigenvalue weighted by Crippen LogP contribution is -2.53. The number of carboxylic acids is 1. The molecule has 2 rings (SSSR count). The number of primary amides is 1. The first kappa shape index (κ1) is 39.7. The number of carbonyl (C=O) groups excluding carboxylic acids is 7. The van der Waals surface area contributed by atoms with E-state index in [4.69, 9.17) is 15.6 Å². The average molecular weight is 688 g/mol. The molecule has 1 aliphatic heterocycles. The first-order valence-corrected chi connectivity index (χ1v) is 15.7. The molecule has 0 bridgehead atoms. The number of urea groups is 1. The van der Waals surface area contributed by atoms with Gasteiger partial charge in [0.2, 0.25) is 23.6 Å². The maximum atomic E-state index is 13.3. The SMILES string of the molecule is C=C(C)[C@H](NC(=O)CCC(=O)N1CCC(C(=O)O)CC1)C(=O)N[C@@H](CCCNC(N)=O)C(=O)Nc1ccc(COC(=O)NCC(C)=O)cc1. The van der Waals surface area contributed by atoms with E-state index in [-0.39, 0.29) is 75.7 Å². The fraction of sp³-hybridized carbons (Fsp3) is 0.500. The van der Waals surface area contributed by atoms with Gasteiger partial charge in [0.1, 0.15) is 24.5 Å². The summed E-state index contributed by atoms with van der Waals surface area (Å²) in [5.41, 5.74) is 6.35. The molecular weight excluding hydrogens is 642 g/mol. The zero-order valence-electron chi connectivity index (χ0n) is 27.7. The summed E-state index contributed by atoms with van der Waals surface area (Å²) in [7, 11) is 0. The van der Waals surface area contributed by atoms with E-state index in [0.717, 1.165) is 0 Å². The number of hydrogen-bond donors (Lipinski definition) is 7. The highest BCUT2D eigenvalue weighted by atomic mass is 16.5. The molecule has 0 spiro atoms. The van der Waals surface area contributed by atoms with Gasteiger partial charge < -0.3 is 47.1 Å². The van der Waals surface area contributed by atoms with Crippen molar-refractivity contribution in [2.75, 3.05) is 31.5 Å². The molecule has 268 valence electrons. The predicted octanol–water partition coefficient (Wildman–Crippen LogP) is 0.538. The molecule has 1 aromatic rings. The third kappa shape index (κ3) is 14.9. The van der Waals surface area contributed by atoms with Crippen LogP contribution in [-0.2, 0) is 40.1 Å². The summed E-state index contributed by atoms with van der Waals surface area (Å²) in [6.07, 6.45) is -0.0935. The summed E-state index contributed by atoms with van der Waals surface area (Å²) in [4.78, 5) is 98.3. The molecule has 1 saturated heterocycles. The molecular formula is C32H45N7O10. The van der Waals surface area contributed by atoms with Crippen molar-refractivity contribution >= 4 is 53.2 Å². The number of ketones is 1. The number of likely N-dealkylation sites (tertiary alicyclic amines) is 1. The van der Waals surface area contributed by atoms with E-state index in [9.17, 15) is 38.4 Å². The van der Waals surface area contributed by atoms with Crippen LogP contribution in [0.25, 0.3) is 0 Å². The van der Waals surface area contributed by atoms with Crippen LogP contribution in [0, 0.1) is 5.92 Å². The van der Waals surface area contributed by atoms with Crippen molar-refractivity contribution in [3.05, 3.63) is 42.0 Å². The Kier molecular flexibility index (Phi) is 16.2. The Hall–Kier alpha value is -5.48. The normalized spacial score (nSPS) is 14.0. The maximum absolute atomic E-state index is 13.3. The van der Waals surface area contributed by atoms with Crippen molar-refractivity contribution in [2.45, 2.75) is 71.1 Å². The quantitative estimate of drug-likeness (QED) is 0.0832. The van der Waals surface area contributed by atoms with Gasteiger partial charge in [-0.25, -0.2) is 9.59 Å². The number of nitrogens with zero attached hydrogens (tertiary/aromatic N) is 1. The molecule has 0 aliphatic carbocycles. The molecule has 0 aromatic heterocycles. The van der Waals surface area contributed by atoms with Crippen LogP contribution >= 0.6 is 0 Å². The molecule has 1 aliphatic rings. The van der Waals surface area contributed by atoms with E-state index in [1.165, 1.54) is 18.7 Å². The number of nitrogens with two attached hydrogens (primary N) is 1. The zero-order valence-corrected chi connectivity index (χ0v) is 27.7. The van der Waals surface area contributed by atoms with Gasteiger partial charge in [0.05, 0.1) is 12.5 Å². The second-order valence-electron chi connectivity index (χ2n) is 11.7. The Bertz CT molecular complexity index is 1390. The maximum Gasteiger partial charge on any atom is 0.407 e. The van der Waals surface area contributed by atoms with Crippen molar-refractivity contribution in [3.8, 4) is 0 Å². The summed E-state index contributed by atoms with van der Waals surface area (Å²) in [5.74, 6) is -3.83. The molecule has 2 atom stereocenters. The first-order valence-electron chi connectivity index (χ1n) is 15.7. The molecule has 0 unspecified atom stereocenters. The van der Waals surface area contributed by atoms with Gasteiger partial charge in [-0.05, 0) is 62.8 Å². The minimum Gasteiger partial charge on any atom is -0.481 e. The molecule has 17 nitrogen and oxygen atoms in total. The number of hydrogen-bond acceptors (Lipinski definition) is 9. The number of rotatable bonds is 18. The van der Waals surface area contributed by atoms with Gasteiger partial charge in [0, 0.05) is 38.2 Å². The molecule has 8 N–H and O–H groups in total. The molecule has 1 aromatic carbocycles. The fourth-order valence-electron chi connectivity index (χ4n) is 4.75. The van der Waals surface area contributed by atoms with Crippen LogP contribution < -0.4 is 32.3 Å². The van der Waals surface area contributed by atoms with Crippen LogP contribution in [0.5, 0.6) is 0 Å². The molecule has 17 heteroatoms. The second-order valence-corrected chi connectivity index (χ2v) is 11.7. The van der Waals surface area contributed by atoms with Crippen LogP contribution in [0.4, 0.5) is 15.3 Å². The summed E-state index contributed by atoms with van der Waals surface area (Å²) in [6, 6.07) is 3.25. The second kappa shape index (κ2) is 20.0. The van der Waals surface area contributed by atoms with E-state index in [1.807, 2.05) is 0 Å². The summed E-state index contributed by atoms with van der Waals surface area (Å²) in [6.45, 7) is 7.08. The third-order valence-corrected chi connectivity index (χ3v) is 7.50. The standard InChI is InChI=1S/C32H45N7O10/c1-19(2)27(38-25(41)10-11-26(42)39-15-12-22(13-16-39)30(45)46)29(44)37-24(5-4-14-34-31(33)47)28(43)36-23-8-6-21(7-9-23)18-49-32(48)35-17-20(3)40/h6-9,22,24,27H,1,4-5,10-18H2,2-3H3,(H,35,48)(H,36,43)(H,37,44)(H,38,41)(H,45,46)(H3,33,34,47)/t24-,27-/m0/s1. The van der Waals surface area contributed by atoms with E-state index >= 15 is 0 Å². The smallest absolute Gasteiger partial charge is 0.407 e. The lowest BCUT2D eigenvalue weighted by molar-refractivity contribution is -0.145. The van der Waals surface area contributed by atoms with E-state index in [2.05, 4.69) is 33.2 Å². The van der Waals surface area contributed by atoms with Crippen LogP contribution in [0.1, 0.15) is 57.9 Å². The molecule has 49 heavy (non-hydrogen) atoms. The van der Waals surface area contributed by atoms with Gasteiger partial charge in [0.15, 0.2) is 0 Å². The number of aliphatic carboxylic acids is 1. The van der Waals surface area contributed by atoms with Gasteiger partial charge in [-0.3, -0.25) is 28.8 Å². The van der Waals surface area contributed by atoms with Crippen molar-refractivity contribution in [1.82, 2.24) is 26.2 Å². The minimum absolute atomic E-state index is 0.0862. The number of Topliss-reactive ketones (excluding diaryl/α,β-unsaturated/α-hetero) is 1. The Balaban J connectivity index is 1.98. The highest BCUT2D eigenvalue weighted by Crippen LogP contribution is 2.18. The topological polar surface area (TPSA) is 255 Å². The largest absolute Gasteiger partial charge is 0.481 e. The van der Waals surface area contributed by atoms with Crippen LogP contribution in [-0.4, -0.2) is 95.8 Å². The average Bonchev–Trinajstić information content (AvgIpc) is 3.05. The van der Waals surface area contributed by atoms with Crippen molar-refractivity contribution < 1.29 is 48.2 Å². The Morgan fingerprint density at radius 1 is 0.959 bits per heavy atom. The Labute approximate surface area is 283 Å². The zero-order chi connectivity index (χ0) is 36.5. The number of carbonyl (C=O) groups is 8. The van der Waals surface area contributed by atoms with Gasteiger partial charge in [-0.2, -0.15) is 0 Å².